The van der Waals surface area contributed by atoms with Crippen molar-refractivity contribution in [2.45, 2.75) is 25.7 Å². The predicted molar refractivity (Wildman–Crippen MR) is 208 cm³/mol. The van der Waals surface area contributed by atoms with Crippen molar-refractivity contribution in [1.29, 1.82) is 15.8 Å². The molecule has 2 aromatic heterocycles. The van der Waals surface area contributed by atoms with Crippen LogP contribution in [0.3, 0.4) is 0 Å². The van der Waals surface area contributed by atoms with Gasteiger partial charge in [-0.25, -0.2) is 9.98 Å². The summed E-state index contributed by atoms with van der Waals surface area (Å²) in [5, 5.41) is 26.5. The number of carbonyl (C=O) groups is 2. The number of allylic oxidation sites excluding steroid dienone is 4. The molecule has 0 N–H and O–H groups in total. The first-order valence-electron chi connectivity index (χ1n) is 17.4. The maximum atomic E-state index is 11.9. The van der Waals surface area contributed by atoms with Gasteiger partial charge < -0.3 is 9.80 Å². The van der Waals surface area contributed by atoms with Gasteiger partial charge >= 0.3 is 0 Å². The number of benzene rings is 2. The molecule has 1 radical (unpaired) electrons. The first kappa shape index (κ1) is 39.4. The van der Waals surface area contributed by atoms with Crippen molar-refractivity contribution in [3.05, 3.63) is 132 Å². The molecule has 0 bridgehead atoms. The minimum Gasteiger partial charge on any atom is -0.369 e. The Morgan fingerprint density at radius 3 is 1.51 bits per heavy atom. The number of aromatic nitrogens is 2. The van der Waals surface area contributed by atoms with E-state index in [-0.39, 0.29) is 28.6 Å². The Balaban J connectivity index is 0.000000207. The smallest absolute Gasteiger partial charge is 0.204 e. The Kier molecular flexibility index (Phi) is 13.8. The summed E-state index contributed by atoms with van der Waals surface area (Å²) in [5.41, 5.74) is 7.21. The van der Waals surface area contributed by atoms with Gasteiger partial charge in [0.15, 0.2) is 0 Å². The molecule has 12 nitrogen and oxygen atoms in total. The van der Waals surface area contributed by atoms with Gasteiger partial charge in [0.25, 0.3) is 0 Å². The molecule has 0 unspecified atom stereocenters. The van der Waals surface area contributed by atoms with Crippen molar-refractivity contribution in [1.82, 2.24) is 9.97 Å². The summed E-state index contributed by atoms with van der Waals surface area (Å²) in [4.78, 5) is 50.0. The number of fused-ring (bicyclic) bond motifs is 2. The summed E-state index contributed by atoms with van der Waals surface area (Å²) in [6, 6.07) is 29.2. The van der Waals surface area contributed by atoms with E-state index >= 15 is 0 Å². The third-order valence-electron chi connectivity index (χ3n) is 8.67. The Labute approximate surface area is 329 Å². The van der Waals surface area contributed by atoms with Gasteiger partial charge in [0.2, 0.25) is 11.6 Å². The van der Waals surface area contributed by atoms with Gasteiger partial charge in [-0.3, -0.25) is 24.5 Å². The van der Waals surface area contributed by atoms with Crippen molar-refractivity contribution in [3.8, 4) is 18.2 Å². The average Bonchev–Trinajstić information content (AvgIpc) is 3.19. The quantitative estimate of drug-likeness (QED) is 0.153. The standard InChI is InChI=1S/2C21H17N5O.Cu/c22-11-2-14-26(20-10-13-23-20)16-6-4-15(5-7-16)25-18-8-9-19(27)21-17(18)3-1-12-24-21;22-11-2-14-26(15-3-12-23)17-7-5-16(6-8-17)25-19-9-10-20(27)21-18(19)4-1-13-24-21;/h1,3-9,12H,2,10,13-14H2;1,4-10,13H,2-3,14-15H2;. The predicted octanol–water partition coefficient (Wildman–Crippen LogP) is 7.06. The van der Waals surface area contributed by atoms with E-state index in [9.17, 15) is 9.59 Å². The number of nitriles is 3. The van der Waals surface area contributed by atoms with E-state index in [1.54, 1.807) is 36.7 Å². The SMILES string of the molecule is N#CCCN(C1=NCC1)c1ccc(N=C2C=CC(=O)c3ncccc32)cc1.N#CCCN(CCC#N)c1ccc(N=C2C=CC(=O)c3ncccc32)cc1.[Cu]. The van der Waals surface area contributed by atoms with E-state index < -0.39 is 0 Å². The number of pyridine rings is 2. The number of carbonyl (C=O) groups excluding carboxylic acids is 2. The van der Waals surface area contributed by atoms with E-state index in [2.05, 4.69) is 48.1 Å². The van der Waals surface area contributed by atoms with E-state index in [1.165, 1.54) is 12.2 Å². The summed E-state index contributed by atoms with van der Waals surface area (Å²) >= 11 is 0. The topological polar surface area (TPSA) is 175 Å². The maximum absolute atomic E-state index is 11.9. The zero-order chi connectivity index (χ0) is 37.7. The van der Waals surface area contributed by atoms with Gasteiger partial charge in [-0.15, -0.1) is 0 Å². The van der Waals surface area contributed by atoms with Crippen LogP contribution < -0.4 is 9.80 Å². The van der Waals surface area contributed by atoms with Gasteiger partial charge in [-0.05, 0) is 97.1 Å². The molecule has 0 fully saturated rings. The Hall–Kier alpha value is -6.84. The van der Waals surface area contributed by atoms with Crippen molar-refractivity contribution < 1.29 is 26.7 Å². The van der Waals surface area contributed by atoms with E-state index in [4.69, 9.17) is 15.8 Å². The second-order valence-corrected chi connectivity index (χ2v) is 12.1. The van der Waals surface area contributed by atoms with Crippen molar-refractivity contribution >= 4 is 51.6 Å². The second-order valence-electron chi connectivity index (χ2n) is 12.1. The van der Waals surface area contributed by atoms with Gasteiger partial charge in [-0.2, -0.15) is 15.8 Å². The maximum Gasteiger partial charge on any atom is 0.204 e. The fourth-order valence-electron chi connectivity index (χ4n) is 5.92. The minimum atomic E-state index is -0.120. The largest absolute Gasteiger partial charge is 0.369 e. The Bertz CT molecular complexity index is 2310. The summed E-state index contributed by atoms with van der Waals surface area (Å²) in [7, 11) is 0. The monoisotopic (exact) mass is 773 g/mol. The zero-order valence-corrected chi connectivity index (χ0v) is 30.6. The number of nitrogens with zero attached hydrogens (tertiary/aromatic N) is 10. The number of hydrogen-bond donors (Lipinski definition) is 0. The number of hydrogen-bond acceptors (Lipinski definition) is 12. The Morgan fingerprint density at radius 1 is 0.618 bits per heavy atom. The first-order chi connectivity index (χ1) is 26.5. The molecule has 0 spiro atoms. The molecule has 4 aromatic rings. The van der Waals surface area contributed by atoms with Crippen LogP contribution in [0.2, 0.25) is 0 Å². The molecule has 2 aromatic carbocycles. The molecule has 0 atom stereocenters. The number of amidine groups is 1. The first-order valence-corrected chi connectivity index (χ1v) is 17.4. The average molecular weight is 774 g/mol. The van der Waals surface area contributed by atoms with Crippen LogP contribution in [-0.2, 0) is 17.1 Å². The molecule has 13 heteroatoms. The zero-order valence-electron chi connectivity index (χ0n) is 29.6. The third kappa shape index (κ3) is 9.78. The van der Waals surface area contributed by atoms with Gasteiger partial charge in [-0.1, -0.05) is 0 Å². The molecular weight excluding hydrogens is 740 g/mol. The van der Waals surface area contributed by atoms with Crippen molar-refractivity contribution in [2.24, 2.45) is 15.0 Å². The van der Waals surface area contributed by atoms with Crippen LogP contribution in [-0.4, -0.2) is 65.0 Å². The molecule has 55 heavy (non-hydrogen) atoms. The summed E-state index contributed by atoms with van der Waals surface area (Å²) in [5.74, 6) is 0.804. The van der Waals surface area contributed by atoms with Gasteiger partial charge in [0, 0.05) is 84.6 Å². The molecular formula is C42H34CuN10O2. The number of ketones is 2. The van der Waals surface area contributed by atoms with Gasteiger partial charge in [0.1, 0.15) is 17.2 Å². The van der Waals surface area contributed by atoms with Crippen LogP contribution in [0, 0.1) is 34.0 Å². The number of anilines is 2. The van der Waals surface area contributed by atoms with Crippen LogP contribution in [0.5, 0.6) is 0 Å². The molecule has 1 aliphatic heterocycles. The number of aliphatic imine (C=N–C) groups is 3. The number of rotatable bonds is 10. The molecule has 2 aliphatic carbocycles. The Morgan fingerprint density at radius 2 is 1.07 bits per heavy atom. The van der Waals surface area contributed by atoms with Crippen LogP contribution in [0.25, 0.3) is 0 Å². The molecule has 0 saturated heterocycles. The molecule has 7 rings (SSSR count). The van der Waals surface area contributed by atoms with E-state index in [0.29, 0.717) is 56.0 Å². The van der Waals surface area contributed by atoms with E-state index in [0.717, 1.165) is 58.4 Å². The van der Waals surface area contributed by atoms with Crippen molar-refractivity contribution in [3.63, 3.8) is 0 Å². The van der Waals surface area contributed by atoms with E-state index in [1.807, 2.05) is 65.6 Å². The van der Waals surface area contributed by atoms with Crippen molar-refractivity contribution in [2.75, 3.05) is 36.0 Å². The summed E-state index contributed by atoms with van der Waals surface area (Å²) in [6.07, 6.45) is 11.8. The van der Waals surface area contributed by atoms with Crippen LogP contribution in [0.15, 0.2) is 124 Å². The molecule has 0 amide bonds. The molecule has 3 heterocycles. The summed E-state index contributed by atoms with van der Waals surface area (Å²) < 4.78 is 0. The summed E-state index contributed by atoms with van der Waals surface area (Å²) in [6.45, 7) is 2.64. The third-order valence-corrected chi connectivity index (χ3v) is 8.67. The van der Waals surface area contributed by atoms with Crippen LogP contribution >= 0.6 is 0 Å². The molecule has 3 aliphatic rings. The second kappa shape index (κ2) is 19.3. The van der Waals surface area contributed by atoms with Crippen LogP contribution in [0.4, 0.5) is 22.7 Å². The normalized spacial score (nSPS) is 14.7. The van der Waals surface area contributed by atoms with Gasteiger partial charge in [0.05, 0.1) is 60.3 Å². The fraction of sp³-hybridized carbons (Fsp3) is 0.190. The molecule has 0 saturated carbocycles. The molecule has 275 valence electrons. The fourth-order valence-corrected chi connectivity index (χ4v) is 5.92. The minimum absolute atomic E-state index is 0. The van der Waals surface area contributed by atoms with Crippen LogP contribution in [0.1, 0.15) is 57.8 Å².